The van der Waals surface area contributed by atoms with Crippen molar-refractivity contribution in [1.29, 1.82) is 0 Å². The van der Waals surface area contributed by atoms with Gasteiger partial charge in [0, 0.05) is 0 Å². The molecule has 0 atom stereocenters. The molecule has 0 aliphatic rings. The second-order valence-corrected chi connectivity index (χ2v) is 8.54. The molecule has 2 aromatic rings. The Bertz CT molecular complexity index is 562. The van der Waals surface area contributed by atoms with Crippen LogP contribution in [-0.4, -0.2) is 21.4 Å². The summed E-state index contributed by atoms with van der Waals surface area (Å²) in [6.45, 7) is 13.2. The van der Waals surface area contributed by atoms with E-state index >= 15 is 0 Å². The third kappa shape index (κ3) is 5.87. The molecule has 0 heterocycles. The number of hydrogen-bond donors (Lipinski definition) is 0. The summed E-state index contributed by atoms with van der Waals surface area (Å²) in [6.07, 6.45) is 0. The van der Waals surface area contributed by atoms with Gasteiger partial charge in [-0.15, -0.1) is 0 Å². The second-order valence-electron chi connectivity index (χ2n) is 7.88. The lowest BCUT2D eigenvalue weighted by Crippen LogP contribution is -2.13. The van der Waals surface area contributed by atoms with Gasteiger partial charge in [-0.25, -0.2) is 0 Å². The van der Waals surface area contributed by atoms with Crippen molar-refractivity contribution < 1.29 is 13.1 Å². The van der Waals surface area contributed by atoms with Crippen LogP contribution in [0.3, 0.4) is 0 Å². The molecule has 0 saturated carbocycles. The molecule has 1 radical (unpaired) electrons. The van der Waals surface area contributed by atoms with Crippen LogP contribution in [0.15, 0.2) is 48.5 Å². The highest BCUT2D eigenvalue weighted by Gasteiger charge is 2.15. The zero-order valence-corrected chi connectivity index (χ0v) is 16.7. The zero-order chi connectivity index (χ0) is 17.1. The van der Waals surface area contributed by atoms with E-state index in [1.54, 1.807) is 0 Å². The Kier molecular flexibility index (Phi) is 6.92. The summed E-state index contributed by atoms with van der Waals surface area (Å²) in [4.78, 5) is 0. The highest BCUT2D eigenvalue weighted by Crippen LogP contribution is 2.25. The Labute approximate surface area is 152 Å². The quantitative estimate of drug-likeness (QED) is 0.770. The minimum absolute atomic E-state index is 0. The molecule has 0 aliphatic carbocycles. The maximum Gasteiger partial charge on any atom is 0.881 e. The summed E-state index contributed by atoms with van der Waals surface area (Å²) in [5.74, 6) is 1.72. The van der Waals surface area contributed by atoms with Crippen molar-refractivity contribution >= 4 is 15.9 Å². The van der Waals surface area contributed by atoms with Crippen molar-refractivity contribution in [2.75, 3.05) is 0 Å². The SMILES string of the molecule is CC(C)(C)c1ccc([O][Al][O]c2ccc(C(C)(C)C)cc2)cc1.O. The molecule has 0 fully saturated rings. The lowest BCUT2D eigenvalue weighted by Gasteiger charge is -2.20. The predicted molar refractivity (Wildman–Crippen MR) is 101 cm³/mol. The molecule has 0 aromatic heterocycles. The lowest BCUT2D eigenvalue weighted by molar-refractivity contribution is 0.458. The van der Waals surface area contributed by atoms with Crippen molar-refractivity contribution in [3.05, 3.63) is 59.7 Å². The highest BCUT2D eigenvalue weighted by molar-refractivity contribution is 6.20. The Morgan fingerprint density at radius 3 is 1.12 bits per heavy atom. The van der Waals surface area contributed by atoms with Crippen molar-refractivity contribution in [1.82, 2.24) is 0 Å². The van der Waals surface area contributed by atoms with Crippen molar-refractivity contribution in [2.24, 2.45) is 0 Å². The summed E-state index contributed by atoms with van der Waals surface area (Å²) in [5.41, 5.74) is 2.94. The standard InChI is InChI=1S/2C10H14O.Al.H2O/c2*1-10(2,3)8-4-6-9(11)7-5-8;;/h2*4-7,11H,1-3H3;;1H2/q;;+2;/p-2. The summed E-state index contributed by atoms with van der Waals surface area (Å²) in [5, 5.41) is 0. The van der Waals surface area contributed by atoms with Crippen molar-refractivity contribution in [2.45, 2.75) is 52.4 Å². The first-order chi connectivity index (χ1) is 10.7. The van der Waals surface area contributed by atoms with E-state index in [2.05, 4.69) is 65.8 Å². The molecular weight excluding hydrogens is 315 g/mol. The summed E-state index contributed by atoms with van der Waals surface area (Å²) < 4.78 is 11.5. The minimum Gasteiger partial charge on any atom is -0.616 e. The van der Waals surface area contributed by atoms with E-state index in [0.717, 1.165) is 11.5 Å². The zero-order valence-electron chi connectivity index (χ0n) is 15.5. The van der Waals surface area contributed by atoms with Gasteiger partial charge in [0.25, 0.3) is 0 Å². The predicted octanol–water partition coefficient (Wildman–Crippen LogP) is 4.45. The first-order valence-electron chi connectivity index (χ1n) is 8.02. The maximum atomic E-state index is 5.74. The molecule has 0 amide bonds. The van der Waals surface area contributed by atoms with Gasteiger partial charge in [0.2, 0.25) is 0 Å². The van der Waals surface area contributed by atoms with Gasteiger partial charge in [0.1, 0.15) is 0 Å². The normalized spacial score (nSPS) is 11.4. The van der Waals surface area contributed by atoms with Crippen molar-refractivity contribution in [3.63, 3.8) is 0 Å². The molecule has 4 heteroatoms. The Balaban J connectivity index is 0.00000288. The third-order valence-corrected chi connectivity index (χ3v) is 4.55. The topological polar surface area (TPSA) is 50.0 Å². The molecule has 129 valence electrons. The number of rotatable bonds is 4. The third-order valence-electron chi connectivity index (χ3n) is 3.81. The van der Waals surface area contributed by atoms with Crippen LogP contribution in [0.5, 0.6) is 11.5 Å². The summed E-state index contributed by atoms with van der Waals surface area (Å²) in [7, 11) is 0. The molecule has 2 rings (SSSR count). The average molecular weight is 343 g/mol. The van der Waals surface area contributed by atoms with E-state index in [1.165, 1.54) is 11.1 Å². The van der Waals surface area contributed by atoms with Crippen LogP contribution in [0.4, 0.5) is 0 Å². The van der Waals surface area contributed by atoms with Crippen LogP contribution in [0, 0.1) is 0 Å². The first-order valence-corrected chi connectivity index (χ1v) is 8.97. The first kappa shape index (κ1) is 20.6. The molecule has 0 spiro atoms. The van der Waals surface area contributed by atoms with Crippen LogP contribution in [0.25, 0.3) is 0 Å². The molecule has 2 aromatic carbocycles. The van der Waals surface area contributed by atoms with E-state index < -0.39 is 15.9 Å². The monoisotopic (exact) mass is 343 g/mol. The summed E-state index contributed by atoms with van der Waals surface area (Å²) >= 11 is -0.562. The van der Waals surface area contributed by atoms with Gasteiger partial charge >= 0.3 is 15.9 Å². The fourth-order valence-corrected chi connectivity index (χ4v) is 2.79. The van der Waals surface area contributed by atoms with Crippen LogP contribution >= 0.6 is 0 Å². The number of benzene rings is 2. The molecule has 0 aliphatic heterocycles. The molecule has 0 bridgehead atoms. The Morgan fingerprint density at radius 2 is 0.875 bits per heavy atom. The molecule has 2 N–H and O–H groups in total. The maximum absolute atomic E-state index is 5.74. The van der Waals surface area contributed by atoms with Gasteiger partial charge in [-0.1, -0.05) is 65.8 Å². The summed E-state index contributed by atoms with van der Waals surface area (Å²) in [6, 6.07) is 16.5. The Morgan fingerprint density at radius 1 is 0.583 bits per heavy atom. The fraction of sp³-hybridized carbons (Fsp3) is 0.400. The largest absolute Gasteiger partial charge is 0.881 e. The van der Waals surface area contributed by atoms with Crippen LogP contribution in [-0.2, 0) is 10.8 Å². The smallest absolute Gasteiger partial charge is 0.616 e. The van der Waals surface area contributed by atoms with Gasteiger partial charge < -0.3 is 13.1 Å². The van der Waals surface area contributed by atoms with Gasteiger partial charge in [-0.2, -0.15) is 0 Å². The minimum atomic E-state index is -0.562. The van der Waals surface area contributed by atoms with E-state index in [9.17, 15) is 0 Å². The van der Waals surface area contributed by atoms with Crippen LogP contribution in [0.1, 0.15) is 52.7 Å². The molecule has 0 unspecified atom stereocenters. The second kappa shape index (κ2) is 8.07. The van der Waals surface area contributed by atoms with E-state index in [0.29, 0.717) is 0 Å². The fourth-order valence-electron chi connectivity index (χ4n) is 2.20. The van der Waals surface area contributed by atoms with Gasteiger partial charge in [0.05, 0.1) is 11.5 Å². The molecule has 24 heavy (non-hydrogen) atoms. The highest BCUT2D eigenvalue weighted by atomic mass is 27.2. The van der Waals surface area contributed by atoms with Gasteiger partial charge in [-0.05, 0) is 46.2 Å². The average Bonchev–Trinajstić information content (AvgIpc) is 2.46. The van der Waals surface area contributed by atoms with Gasteiger partial charge in [-0.3, -0.25) is 0 Å². The Hall–Kier alpha value is -1.47. The molecule has 3 nitrogen and oxygen atoms in total. The van der Waals surface area contributed by atoms with E-state index in [4.69, 9.17) is 7.58 Å². The van der Waals surface area contributed by atoms with Crippen molar-refractivity contribution in [3.8, 4) is 11.5 Å². The van der Waals surface area contributed by atoms with Crippen LogP contribution < -0.4 is 7.58 Å². The lowest BCUT2D eigenvalue weighted by atomic mass is 9.87. The molecule has 0 saturated heterocycles. The van der Waals surface area contributed by atoms with E-state index in [-0.39, 0.29) is 16.3 Å². The van der Waals surface area contributed by atoms with Crippen LogP contribution in [0.2, 0.25) is 0 Å². The molecular formula is C20H28AlO3. The van der Waals surface area contributed by atoms with E-state index in [1.807, 2.05) is 24.3 Å². The van der Waals surface area contributed by atoms with Gasteiger partial charge in [0.15, 0.2) is 0 Å². The number of hydrogen-bond acceptors (Lipinski definition) is 2.